The number of carbonyl (C=O) groups excluding carboxylic acids is 4. The Morgan fingerprint density at radius 1 is 0.629 bits per heavy atom. The fourth-order valence-electron chi connectivity index (χ4n) is 9.30. The van der Waals surface area contributed by atoms with Crippen molar-refractivity contribution in [2.45, 2.75) is 91.4 Å². The zero-order chi connectivity index (χ0) is 44.0. The molecule has 8 rings (SSSR count). The number of aromatic nitrogens is 6. The number of H-pyrrole nitrogens is 4. The number of nitrogens with zero attached hydrogens (tertiary/aromatic N) is 4. The van der Waals surface area contributed by atoms with Crippen molar-refractivity contribution < 1.29 is 28.7 Å². The van der Waals surface area contributed by atoms with Crippen LogP contribution in [-0.4, -0.2) is 103 Å². The third-order valence-electron chi connectivity index (χ3n) is 12.4. The first kappa shape index (κ1) is 42.1. The zero-order valence-electron chi connectivity index (χ0n) is 36.6. The lowest BCUT2D eigenvalue weighted by Gasteiger charge is -2.30. The first-order valence-electron chi connectivity index (χ1n) is 21.4. The second-order valence-corrected chi connectivity index (χ2v) is 17.3. The van der Waals surface area contributed by atoms with E-state index in [0.717, 1.165) is 92.5 Å². The predicted octanol–water partition coefficient (Wildman–Crippen LogP) is 7.80. The summed E-state index contributed by atoms with van der Waals surface area (Å²) in [6.45, 7) is 12.9. The standard InChI is InChI=1S/C46H56N10O6/c1-23(2)37(53-45(59)61-7)43(57)55-17-9-11-35(55)41-47-21-33(51-41)28-14-15-29(39-32(28)20-26(6)49-39)27-13-16-30(40-31(27)19-25(5)50-40)34-22-48-42(52-34)36-12-10-18-56(36)44(58)38(24(3)4)54-46(60)62-8/h13-16,19-24,35-38,49-50H,9-12,17-18H2,1-8H3,(H,47,51)(H,48,52)(H,53,59)(H,54,60)/t35-,36-,37?,38-/m0/s1. The van der Waals surface area contributed by atoms with Gasteiger partial charge in [0, 0.05) is 51.9 Å². The fourth-order valence-corrected chi connectivity index (χ4v) is 9.30. The lowest BCUT2D eigenvalue weighted by molar-refractivity contribution is -0.136. The van der Waals surface area contributed by atoms with E-state index < -0.39 is 24.3 Å². The number of carbonyl (C=O) groups is 4. The predicted molar refractivity (Wildman–Crippen MR) is 236 cm³/mol. The summed E-state index contributed by atoms with van der Waals surface area (Å²) in [7, 11) is 2.59. The normalized spacial score (nSPS) is 17.6. The summed E-state index contributed by atoms with van der Waals surface area (Å²) in [4.78, 5) is 79.4. The highest BCUT2D eigenvalue weighted by molar-refractivity contribution is 6.10. The lowest BCUT2D eigenvalue weighted by Crippen LogP contribution is -2.51. The molecular weight excluding hydrogens is 789 g/mol. The van der Waals surface area contributed by atoms with Gasteiger partial charge in [-0.1, -0.05) is 52.0 Å². The first-order chi connectivity index (χ1) is 29.8. The molecule has 6 heterocycles. The van der Waals surface area contributed by atoms with Crippen molar-refractivity contribution in [1.82, 2.24) is 50.3 Å². The Balaban J connectivity index is 1.08. The minimum Gasteiger partial charge on any atom is -0.453 e. The molecule has 2 aromatic carbocycles. The minimum atomic E-state index is -0.713. The van der Waals surface area contributed by atoms with Crippen molar-refractivity contribution >= 4 is 45.8 Å². The molecule has 62 heavy (non-hydrogen) atoms. The number of benzene rings is 2. The second-order valence-electron chi connectivity index (χ2n) is 17.3. The molecule has 4 amide bonds. The lowest BCUT2D eigenvalue weighted by atomic mass is 9.94. The molecule has 0 bridgehead atoms. The summed E-state index contributed by atoms with van der Waals surface area (Å²) in [5.74, 6) is 0.858. The topological polar surface area (TPSA) is 206 Å². The van der Waals surface area contributed by atoms with Crippen molar-refractivity contribution in [2.24, 2.45) is 11.8 Å². The maximum Gasteiger partial charge on any atom is 0.407 e. The number of ether oxygens (including phenoxy) is 2. The maximum absolute atomic E-state index is 13.8. The van der Waals surface area contributed by atoms with Crippen molar-refractivity contribution in [3.8, 4) is 33.6 Å². The molecule has 1 unspecified atom stereocenters. The van der Waals surface area contributed by atoms with Gasteiger partial charge in [0.2, 0.25) is 11.8 Å². The molecule has 0 saturated carbocycles. The van der Waals surface area contributed by atoms with Crippen LogP contribution in [0.3, 0.4) is 0 Å². The number of aryl methyl sites for hydroxylation is 2. The van der Waals surface area contributed by atoms with Crippen LogP contribution in [0, 0.1) is 25.7 Å². The number of likely N-dealkylation sites (tertiary alicyclic amines) is 2. The van der Waals surface area contributed by atoms with E-state index >= 15 is 0 Å². The Kier molecular flexibility index (Phi) is 11.6. The number of methoxy groups -OCH3 is 2. The highest BCUT2D eigenvalue weighted by atomic mass is 16.5. The van der Waals surface area contributed by atoms with Gasteiger partial charge in [0.25, 0.3) is 0 Å². The van der Waals surface area contributed by atoms with Crippen molar-refractivity contribution in [1.29, 1.82) is 0 Å². The molecule has 0 spiro atoms. The van der Waals surface area contributed by atoms with Crippen molar-refractivity contribution in [3.63, 3.8) is 0 Å². The second kappa shape index (κ2) is 17.1. The van der Waals surface area contributed by atoms with Gasteiger partial charge in [-0.3, -0.25) is 9.59 Å². The quantitative estimate of drug-likeness (QED) is 0.0757. The molecule has 16 heteroatoms. The van der Waals surface area contributed by atoms with Gasteiger partial charge < -0.3 is 49.8 Å². The van der Waals surface area contributed by atoms with E-state index in [-0.39, 0.29) is 35.7 Å². The summed E-state index contributed by atoms with van der Waals surface area (Å²) >= 11 is 0. The highest BCUT2D eigenvalue weighted by Crippen LogP contribution is 2.42. The average Bonchev–Trinajstić information content (AvgIpc) is 4.11. The smallest absolute Gasteiger partial charge is 0.407 e. The van der Waals surface area contributed by atoms with Crippen LogP contribution in [0.2, 0.25) is 0 Å². The molecule has 2 aliphatic rings. The van der Waals surface area contributed by atoms with Crippen LogP contribution in [0.1, 0.15) is 88.5 Å². The van der Waals surface area contributed by atoms with E-state index in [0.29, 0.717) is 24.7 Å². The fraction of sp³-hybridized carbons (Fsp3) is 0.435. The van der Waals surface area contributed by atoms with Crippen LogP contribution in [0.15, 0.2) is 48.8 Å². The molecule has 0 aliphatic carbocycles. The Bertz CT molecular complexity index is 2470. The Labute approximate surface area is 359 Å². The highest BCUT2D eigenvalue weighted by Gasteiger charge is 2.39. The van der Waals surface area contributed by atoms with Crippen LogP contribution < -0.4 is 10.6 Å². The van der Waals surface area contributed by atoms with Gasteiger partial charge in [-0.05, 0) is 69.1 Å². The van der Waals surface area contributed by atoms with Crippen LogP contribution in [0.4, 0.5) is 9.59 Å². The SMILES string of the molecule is COC(=O)NC(C(=O)N1CCC[C@H]1c1ncc(-c2ccc(-c3ccc(-c4cnc([C@@H]5CCCN5C(=O)[C@@H](NC(=O)OC)C(C)C)[nH]4)c4[nH]c(C)cc34)c3[nH]c(C)cc23)[nH]1)C(C)C. The number of nitrogens with one attached hydrogen (secondary N) is 6. The summed E-state index contributed by atoms with van der Waals surface area (Å²) in [5.41, 5.74) is 9.71. The monoisotopic (exact) mass is 844 g/mol. The number of hydrogen-bond donors (Lipinski definition) is 6. The number of aromatic amines is 4. The molecule has 0 radical (unpaired) electrons. The maximum atomic E-state index is 13.8. The molecule has 4 aromatic heterocycles. The van der Waals surface area contributed by atoms with E-state index in [9.17, 15) is 19.2 Å². The van der Waals surface area contributed by atoms with Gasteiger partial charge in [0.05, 0.1) is 61.1 Å². The summed E-state index contributed by atoms with van der Waals surface area (Å²) < 4.78 is 9.61. The zero-order valence-corrected chi connectivity index (χ0v) is 36.6. The van der Waals surface area contributed by atoms with Crippen LogP contribution in [0.5, 0.6) is 0 Å². The van der Waals surface area contributed by atoms with Crippen LogP contribution in [-0.2, 0) is 19.1 Å². The van der Waals surface area contributed by atoms with E-state index in [4.69, 9.17) is 19.4 Å². The first-order valence-corrected chi connectivity index (χ1v) is 21.4. The number of amides is 4. The van der Waals surface area contributed by atoms with Gasteiger partial charge in [-0.15, -0.1) is 0 Å². The molecule has 326 valence electrons. The van der Waals surface area contributed by atoms with Gasteiger partial charge in [0.15, 0.2) is 0 Å². The molecular formula is C46H56N10O6. The Hall–Kier alpha value is -6.58. The molecule has 16 nitrogen and oxygen atoms in total. The minimum absolute atomic E-state index is 0.126. The van der Waals surface area contributed by atoms with E-state index in [1.165, 1.54) is 14.2 Å². The largest absolute Gasteiger partial charge is 0.453 e. The summed E-state index contributed by atoms with van der Waals surface area (Å²) in [6.07, 6.45) is 5.57. The molecule has 6 aromatic rings. The number of alkyl carbamates (subject to hydrolysis) is 2. The van der Waals surface area contributed by atoms with Crippen molar-refractivity contribution in [3.05, 3.63) is 71.8 Å². The molecule has 2 saturated heterocycles. The summed E-state index contributed by atoms with van der Waals surface area (Å²) in [6, 6.07) is 10.9. The van der Waals surface area contributed by atoms with E-state index in [1.807, 2.05) is 63.7 Å². The Morgan fingerprint density at radius 2 is 1.05 bits per heavy atom. The van der Waals surface area contributed by atoms with E-state index in [2.05, 4.69) is 67.0 Å². The van der Waals surface area contributed by atoms with Crippen molar-refractivity contribution in [2.75, 3.05) is 27.3 Å². The third kappa shape index (κ3) is 7.77. The number of hydrogen-bond acceptors (Lipinski definition) is 8. The van der Waals surface area contributed by atoms with Crippen LogP contribution in [0.25, 0.3) is 55.4 Å². The van der Waals surface area contributed by atoms with Gasteiger partial charge in [-0.2, -0.15) is 0 Å². The molecule has 2 aliphatic heterocycles. The van der Waals surface area contributed by atoms with Gasteiger partial charge >= 0.3 is 12.2 Å². The molecule has 2 fully saturated rings. The number of fused-ring (bicyclic) bond motifs is 2. The summed E-state index contributed by atoms with van der Waals surface area (Å²) in [5, 5.41) is 7.54. The molecule has 4 atom stereocenters. The number of rotatable bonds is 11. The van der Waals surface area contributed by atoms with Crippen LogP contribution >= 0.6 is 0 Å². The van der Waals surface area contributed by atoms with Gasteiger partial charge in [-0.25, -0.2) is 19.6 Å². The average molecular weight is 845 g/mol. The number of imidazole rings is 2. The molecule has 6 N–H and O–H groups in total. The Morgan fingerprint density at radius 3 is 1.53 bits per heavy atom. The van der Waals surface area contributed by atoms with E-state index in [1.54, 1.807) is 0 Å². The third-order valence-corrected chi connectivity index (χ3v) is 12.4. The van der Waals surface area contributed by atoms with Gasteiger partial charge in [0.1, 0.15) is 23.7 Å².